The van der Waals surface area contributed by atoms with Crippen LogP contribution in [0.3, 0.4) is 0 Å². The van der Waals surface area contributed by atoms with Crippen molar-refractivity contribution in [3.63, 3.8) is 0 Å². The third-order valence-electron chi connectivity index (χ3n) is 4.17. The minimum Gasteiger partial charge on any atom is -0.455 e. The maximum absolute atomic E-state index is 12.8. The Morgan fingerprint density at radius 1 is 1.03 bits per heavy atom. The van der Waals surface area contributed by atoms with Crippen LogP contribution < -0.4 is 5.56 Å². The first kappa shape index (κ1) is 18.7. The van der Waals surface area contributed by atoms with Gasteiger partial charge in [0.15, 0.2) is 10.8 Å². The highest BCUT2D eigenvalue weighted by molar-refractivity contribution is 7.16. The summed E-state index contributed by atoms with van der Waals surface area (Å²) < 4.78 is 6.53. The molecule has 2 aromatic carbocycles. The molecule has 0 atom stereocenters. The van der Waals surface area contributed by atoms with Gasteiger partial charge in [0.2, 0.25) is 4.96 Å². The first-order chi connectivity index (χ1) is 14.0. The van der Waals surface area contributed by atoms with Crippen LogP contribution in [0, 0.1) is 6.92 Å². The van der Waals surface area contributed by atoms with E-state index in [1.165, 1.54) is 21.9 Å². The van der Waals surface area contributed by atoms with Gasteiger partial charge in [0.05, 0.1) is 5.56 Å². The van der Waals surface area contributed by atoms with E-state index in [2.05, 4.69) is 10.1 Å². The molecule has 0 saturated carbocycles. The van der Waals surface area contributed by atoms with E-state index < -0.39 is 5.97 Å². The Bertz CT molecular complexity index is 1280. The van der Waals surface area contributed by atoms with Crippen molar-refractivity contribution in [1.82, 2.24) is 14.6 Å². The number of nitrogens with zero attached hydrogens (tertiary/aromatic N) is 3. The maximum Gasteiger partial charge on any atom is 0.339 e. The van der Waals surface area contributed by atoms with Crippen molar-refractivity contribution in [3.8, 4) is 0 Å². The normalized spacial score (nSPS) is 10.8. The third kappa shape index (κ3) is 3.83. The van der Waals surface area contributed by atoms with E-state index in [1.807, 2.05) is 6.07 Å². The fourth-order valence-corrected chi connectivity index (χ4v) is 3.69. The molecule has 0 aliphatic heterocycles. The van der Waals surface area contributed by atoms with Crippen LogP contribution in [0.4, 0.5) is 0 Å². The zero-order chi connectivity index (χ0) is 20.4. The molecular formula is C21H15N3O4S. The van der Waals surface area contributed by atoms with Crippen LogP contribution in [0.15, 0.2) is 65.5 Å². The SMILES string of the molecule is Cc1cc(=O)n2nc(COC(=O)c3ccccc3C(=O)c3ccccc3)sc2n1. The summed E-state index contributed by atoms with van der Waals surface area (Å²) in [4.78, 5) is 42.0. The molecule has 8 heteroatoms. The van der Waals surface area contributed by atoms with Crippen LogP contribution >= 0.6 is 11.3 Å². The van der Waals surface area contributed by atoms with Crippen LogP contribution in [0.2, 0.25) is 0 Å². The smallest absolute Gasteiger partial charge is 0.339 e. The number of fused-ring (bicyclic) bond motifs is 1. The van der Waals surface area contributed by atoms with Crippen molar-refractivity contribution in [2.75, 3.05) is 0 Å². The summed E-state index contributed by atoms with van der Waals surface area (Å²) in [6, 6.07) is 16.6. The van der Waals surface area contributed by atoms with Gasteiger partial charge in [-0.25, -0.2) is 9.78 Å². The van der Waals surface area contributed by atoms with Gasteiger partial charge in [0, 0.05) is 22.9 Å². The maximum atomic E-state index is 12.8. The van der Waals surface area contributed by atoms with Crippen molar-refractivity contribution in [2.24, 2.45) is 0 Å². The number of aromatic nitrogens is 3. The molecule has 0 unspecified atom stereocenters. The zero-order valence-corrected chi connectivity index (χ0v) is 16.2. The zero-order valence-electron chi connectivity index (χ0n) is 15.4. The minimum absolute atomic E-state index is 0.126. The van der Waals surface area contributed by atoms with E-state index in [9.17, 15) is 14.4 Å². The van der Waals surface area contributed by atoms with E-state index in [1.54, 1.807) is 55.5 Å². The summed E-state index contributed by atoms with van der Waals surface area (Å²) >= 11 is 1.17. The molecule has 0 aliphatic carbocycles. The van der Waals surface area contributed by atoms with Gasteiger partial charge in [-0.05, 0) is 13.0 Å². The molecule has 144 valence electrons. The van der Waals surface area contributed by atoms with Gasteiger partial charge in [0.1, 0.15) is 6.61 Å². The quantitative estimate of drug-likeness (QED) is 0.374. The highest BCUT2D eigenvalue weighted by Gasteiger charge is 2.19. The minimum atomic E-state index is -0.638. The highest BCUT2D eigenvalue weighted by atomic mass is 32.1. The summed E-state index contributed by atoms with van der Waals surface area (Å²) in [5.74, 6) is -0.898. The van der Waals surface area contributed by atoms with Crippen molar-refractivity contribution < 1.29 is 14.3 Å². The Hall–Kier alpha value is -3.65. The largest absolute Gasteiger partial charge is 0.455 e. The van der Waals surface area contributed by atoms with Crippen LogP contribution in [-0.2, 0) is 11.3 Å². The molecule has 0 amide bonds. The molecule has 2 aromatic heterocycles. The summed E-state index contributed by atoms with van der Waals surface area (Å²) in [5.41, 5.74) is 1.23. The number of ether oxygens (including phenoxy) is 1. The van der Waals surface area contributed by atoms with Gasteiger partial charge in [0.25, 0.3) is 5.56 Å². The molecule has 0 N–H and O–H groups in total. The number of ketones is 1. The van der Waals surface area contributed by atoms with Gasteiger partial charge in [-0.3, -0.25) is 9.59 Å². The number of hydrogen-bond donors (Lipinski definition) is 0. The summed E-state index contributed by atoms with van der Waals surface area (Å²) in [5, 5.41) is 4.57. The van der Waals surface area contributed by atoms with Gasteiger partial charge in [-0.15, -0.1) is 0 Å². The Balaban J connectivity index is 1.56. The molecule has 7 nitrogen and oxygen atoms in total. The lowest BCUT2D eigenvalue weighted by Gasteiger charge is -2.08. The summed E-state index contributed by atoms with van der Waals surface area (Å²) in [6.07, 6.45) is 0. The van der Waals surface area contributed by atoms with Crippen LogP contribution in [0.25, 0.3) is 4.96 Å². The number of esters is 1. The molecule has 29 heavy (non-hydrogen) atoms. The predicted octanol–water partition coefficient (Wildman–Crippen LogP) is 3.05. The average Bonchev–Trinajstić information content (AvgIpc) is 3.15. The second-order valence-corrected chi connectivity index (χ2v) is 7.28. The summed E-state index contributed by atoms with van der Waals surface area (Å²) in [7, 11) is 0. The van der Waals surface area contributed by atoms with Gasteiger partial charge in [-0.1, -0.05) is 59.9 Å². The molecular weight excluding hydrogens is 390 g/mol. The molecule has 0 spiro atoms. The first-order valence-electron chi connectivity index (χ1n) is 8.75. The van der Waals surface area contributed by atoms with E-state index in [0.29, 0.717) is 21.2 Å². The lowest BCUT2D eigenvalue weighted by molar-refractivity contribution is 0.0469. The van der Waals surface area contributed by atoms with Crippen LogP contribution in [0.1, 0.15) is 37.0 Å². The van der Waals surface area contributed by atoms with Crippen LogP contribution in [0.5, 0.6) is 0 Å². The van der Waals surface area contributed by atoms with Gasteiger partial charge >= 0.3 is 5.97 Å². The standard InChI is InChI=1S/C21H15N3O4S/c1-13-11-18(25)24-21(22-13)29-17(23-24)12-28-20(27)16-10-6-5-9-15(16)19(26)14-7-3-2-4-8-14/h2-11H,12H2,1H3. The number of benzene rings is 2. The van der Waals surface area contributed by atoms with Gasteiger partial charge in [-0.2, -0.15) is 9.61 Å². The van der Waals surface area contributed by atoms with Crippen molar-refractivity contribution in [2.45, 2.75) is 13.5 Å². The number of carbonyl (C=O) groups excluding carboxylic acids is 2. The van der Waals surface area contributed by atoms with E-state index in [-0.39, 0.29) is 29.1 Å². The molecule has 4 aromatic rings. The van der Waals surface area contributed by atoms with Crippen molar-refractivity contribution in [1.29, 1.82) is 0 Å². The molecule has 0 fully saturated rings. The Morgan fingerprint density at radius 3 is 2.48 bits per heavy atom. The van der Waals surface area contributed by atoms with Crippen molar-refractivity contribution in [3.05, 3.63) is 98.4 Å². The first-order valence-corrected chi connectivity index (χ1v) is 9.57. The predicted molar refractivity (Wildman–Crippen MR) is 107 cm³/mol. The molecule has 4 rings (SSSR count). The van der Waals surface area contributed by atoms with E-state index in [4.69, 9.17) is 4.74 Å². The lowest BCUT2D eigenvalue weighted by Crippen LogP contribution is -2.15. The Morgan fingerprint density at radius 2 is 1.72 bits per heavy atom. The second-order valence-electron chi connectivity index (χ2n) is 6.24. The highest BCUT2D eigenvalue weighted by Crippen LogP contribution is 2.18. The second kappa shape index (κ2) is 7.76. The van der Waals surface area contributed by atoms with Crippen molar-refractivity contribution >= 4 is 28.1 Å². The molecule has 0 aliphatic rings. The molecule has 0 radical (unpaired) electrons. The summed E-state index contributed by atoms with van der Waals surface area (Å²) in [6.45, 7) is 1.60. The Kier molecular flexibility index (Phi) is 5.01. The topological polar surface area (TPSA) is 90.6 Å². The van der Waals surface area contributed by atoms with E-state index in [0.717, 1.165) is 0 Å². The Labute approximate surface area is 169 Å². The number of hydrogen-bond acceptors (Lipinski definition) is 7. The fourth-order valence-electron chi connectivity index (χ4n) is 2.83. The van der Waals surface area contributed by atoms with E-state index >= 15 is 0 Å². The monoisotopic (exact) mass is 405 g/mol. The molecule has 0 bridgehead atoms. The third-order valence-corrected chi connectivity index (χ3v) is 5.05. The fraction of sp³-hybridized carbons (Fsp3) is 0.0952. The number of carbonyl (C=O) groups is 2. The average molecular weight is 405 g/mol. The lowest BCUT2D eigenvalue weighted by atomic mass is 9.98. The molecule has 0 saturated heterocycles. The number of rotatable bonds is 5. The van der Waals surface area contributed by atoms with Gasteiger partial charge < -0.3 is 4.74 Å². The van der Waals surface area contributed by atoms with Crippen LogP contribution in [-0.4, -0.2) is 26.4 Å². The number of aryl methyl sites for hydroxylation is 1. The molecule has 2 heterocycles.